The van der Waals surface area contributed by atoms with Crippen LogP contribution >= 0.6 is 0 Å². The molecule has 2 aromatic rings. The third-order valence-electron chi connectivity index (χ3n) is 2.73. The molecule has 0 saturated heterocycles. The van der Waals surface area contributed by atoms with Crippen molar-refractivity contribution < 1.29 is 4.92 Å². The van der Waals surface area contributed by atoms with E-state index in [1.807, 2.05) is 17.7 Å². The average Bonchev–Trinajstić information content (AvgIpc) is 2.85. The number of nitrogens with zero attached hydrogens (tertiary/aromatic N) is 5. The van der Waals surface area contributed by atoms with Gasteiger partial charge in [0.05, 0.1) is 11.3 Å². The molecule has 0 spiro atoms. The molecule has 0 amide bonds. The Hall–Kier alpha value is -2.51. The number of hydrogen-bond acceptors (Lipinski definition) is 6. The van der Waals surface area contributed by atoms with Gasteiger partial charge in [-0.05, 0) is 6.92 Å². The first-order chi connectivity index (χ1) is 9.15. The molecule has 8 nitrogen and oxygen atoms in total. The Morgan fingerprint density at radius 3 is 2.89 bits per heavy atom. The van der Waals surface area contributed by atoms with Crippen LogP contribution in [0.1, 0.15) is 18.4 Å². The minimum Gasteiger partial charge on any atom is -0.357 e. The Morgan fingerprint density at radius 1 is 1.47 bits per heavy atom. The Balaban J connectivity index is 2.39. The highest BCUT2D eigenvalue weighted by Gasteiger charge is 2.19. The van der Waals surface area contributed by atoms with Crippen molar-refractivity contribution in [3.63, 3.8) is 0 Å². The molecule has 1 N–H and O–H groups in total. The van der Waals surface area contributed by atoms with Crippen LogP contribution in [0.15, 0.2) is 18.6 Å². The summed E-state index contributed by atoms with van der Waals surface area (Å²) in [5.74, 6) is 1.10. The second-order valence-electron chi connectivity index (χ2n) is 3.84. The topological polar surface area (TPSA) is 98.8 Å². The maximum Gasteiger partial charge on any atom is 0.309 e. The van der Waals surface area contributed by atoms with Crippen LogP contribution in [0.2, 0.25) is 0 Å². The van der Waals surface area contributed by atoms with Crippen molar-refractivity contribution in [2.45, 2.75) is 19.9 Å². The van der Waals surface area contributed by atoms with Crippen LogP contribution in [0, 0.1) is 10.1 Å². The molecule has 100 valence electrons. The van der Waals surface area contributed by atoms with Gasteiger partial charge in [0.25, 0.3) is 0 Å². The largest absolute Gasteiger partial charge is 0.357 e. The standard InChI is InChI=1S/C11H14N6O2/c1-3-16-5-4-13-10(16)6-8-9(17(18)19)7-14-11(12-2)15-8/h4-5,7H,3,6H2,1-2H3,(H,12,14,15). The highest BCUT2D eigenvalue weighted by Crippen LogP contribution is 2.19. The summed E-state index contributed by atoms with van der Waals surface area (Å²) in [6, 6.07) is 0. The van der Waals surface area contributed by atoms with E-state index in [1.165, 1.54) is 6.20 Å². The lowest BCUT2D eigenvalue weighted by Gasteiger charge is -2.06. The first-order valence-corrected chi connectivity index (χ1v) is 5.83. The number of nitro groups is 1. The number of nitrogens with one attached hydrogen (secondary N) is 1. The number of anilines is 1. The summed E-state index contributed by atoms with van der Waals surface area (Å²) in [5.41, 5.74) is 0.259. The SMILES string of the molecule is CCn1ccnc1Cc1nc(NC)ncc1[N+](=O)[O-]. The maximum absolute atomic E-state index is 11.0. The van der Waals surface area contributed by atoms with Gasteiger partial charge < -0.3 is 9.88 Å². The number of rotatable bonds is 5. The van der Waals surface area contributed by atoms with Crippen molar-refractivity contribution in [2.24, 2.45) is 0 Å². The molecule has 0 aliphatic rings. The third-order valence-corrected chi connectivity index (χ3v) is 2.73. The predicted molar refractivity (Wildman–Crippen MR) is 68.9 cm³/mol. The van der Waals surface area contributed by atoms with E-state index in [2.05, 4.69) is 20.3 Å². The van der Waals surface area contributed by atoms with E-state index in [0.29, 0.717) is 18.1 Å². The van der Waals surface area contributed by atoms with Crippen LogP contribution in [0.5, 0.6) is 0 Å². The monoisotopic (exact) mass is 262 g/mol. The Labute approximate surface area is 109 Å². The molecule has 8 heteroatoms. The normalized spacial score (nSPS) is 10.4. The molecular formula is C11H14N6O2. The van der Waals surface area contributed by atoms with Crippen molar-refractivity contribution in [1.29, 1.82) is 0 Å². The van der Waals surface area contributed by atoms with E-state index in [0.717, 1.165) is 12.4 Å². The summed E-state index contributed by atoms with van der Waals surface area (Å²) < 4.78 is 1.92. The predicted octanol–water partition coefficient (Wildman–Crippen LogP) is 1.23. The van der Waals surface area contributed by atoms with Gasteiger partial charge >= 0.3 is 5.69 Å². The summed E-state index contributed by atoms with van der Waals surface area (Å²) in [6.45, 7) is 2.74. The molecule has 0 aliphatic carbocycles. The quantitative estimate of drug-likeness (QED) is 0.642. The summed E-state index contributed by atoms with van der Waals surface area (Å²) in [7, 11) is 1.66. The molecule has 0 atom stereocenters. The maximum atomic E-state index is 11.0. The van der Waals surface area contributed by atoms with Crippen molar-refractivity contribution >= 4 is 11.6 Å². The molecule has 2 aromatic heterocycles. The number of imidazole rings is 1. The highest BCUT2D eigenvalue weighted by molar-refractivity contribution is 5.39. The molecule has 0 fully saturated rings. The molecule has 2 heterocycles. The fraction of sp³-hybridized carbons (Fsp3) is 0.364. The van der Waals surface area contributed by atoms with Gasteiger partial charge in [-0.1, -0.05) is 0 Å². The molecule has 0 radical (unpaired) electrons. The van der Waals surface area contributed by atoms with Crippen molar-refractivity contribution in [2.75, 3.05) is 12.4 Å². The molecule has 0 unspecified atom stereocenters. The van der Waals surface area contributed by atoms with Gasteiger partial charge in [-0.3, -0.25) is 10.1 Å². The highest BCUT2D eigenvalue weighted by atomic mass is 16.6. The van der Waals surface area contributed by atoms with Crippen molar-refractivity contribution in [3.05, 3.63) is 40.2 Å². The van der Waals surface area contributed by atoms with Crippen LogP contribution < -0.4 is 5.32 Å². The lowest BCUT2D eigenvalue weighted by molar-refractivity contribution is -0.386. The van der Waals surface area contributed by atoms with Crippen LogP contribution in [-0.2, 0) is 13.0 Å². The Bertz CT molecular complexity index is 595. The molecule has 2 rings (SSSR count). The number of aromatic nitrogens is 4. The summed E-state index contributed by atoms with van der Waals surface area (Å²) in [5, 5.41) is 13.8. The summed E-state index contributed by atoms with van der Waals surface area (Å²) in [6.07, 6.45) is 5.02. The van der Waals surface area contributed by atoms with Gasteiger partial charge in [-0.25, -0.2) is 15.0 Å². The van der Waals surface area contributed by atoms with Crippen LogP contribution in [-0.4, -0.2) is 31.5 Å². The van der Waals surface area contributed by atoms with Gasteiger partial charge in [-0.2, -0.15) is 0 Å². The van der Waals surface area contributed by atoms with Gasteiger partial charge in [-0.15, -0.1) is 0 Å². The molecular weight excluding hydrogens is 248 g/mol. The zero-order valence-electron chi connectivity index (χ0n) is 10.7. The van der Waals surface area contributed by atoms with Crippen molar-refractivity contribution in [1.82, 2.24) is 19.5 Å². The van der Waals surface area contributed by atoms with Crippen molar-refractivity contribution in [3.8, 4) is 0 Å². The molecule has 0 bridgehead atoms. The van der Waals surface area contributed by atoms with Crippen LogP contribution in [0.4, 0.5) is 11.6 Å². The van der Waals surface area contributed by atoms with Gasteiger partial charge in [0, 0.05) is 26.0 Å². The van der Waals surface area contributed by atoms with E-state index in [9.17, 15) is 10.1 Å². The van der Waals surface area contributed by atoms with Gasteiger partial charge in [0.2, 0.25) is 5.95 Å². The summed E-state index contributed by atoms with van der Waals surface area (Å²) >= 11 is 0. The zero-order valence-corrected chi connectivity index (χ0v) is 10.7. The average molecular weight is 262 g/mol. The Morgan fingerprint density at radius 2 is 2.26 bits per heavy atom. The first-order valence-electron chi connectivity index (χ1n) is 5.83. The fourth-order valence-electron chi connectivity index (χ4n) is 1.76. The number of aryl methyl sites for hydroxylation is 1. The van der Waals surface area contributed by atoms with E-state index >= 15 is 0 Å². The summed E-state index contributed by atoms with van der Waals surface area (Å²) in [4.78, 5) is 22.7. The van der Waals surface area contributed by atoms with E-state index in [-0.39, 0.29) is 5.69 Å². The molecule has 0 aromatic carbocycles. The van der Waals surface area contributed by atoms with Gasteiger partial charge in [0.15, 0.2) is 0 Å². The van der Waals surface area contributed by atoms with Crippen LogP contribution in [0.3, 0.4) is 0 Å². The van der Waals surface area contributed by atoms with E-state index in [4.69, 9.17) is 0 Å². The molecule has 0 saturated carbocycles. The van der Waals surface area contributed by atoms with E-state index < -0.39 is 4.92 Å². The fourth-order valence-corrected chi connectivity index (χ4v) is 1.76. The van der Waals surface area contributed by atoms with E-state index in [1.54, 1.807) is 13.2 Å². The zero-order chi connectivity index (χ0) is 13.8. The second-order valence-corrected chi connectivity index (χ2v) is 3.84. The second kappa shape index (κ2) is 5.42. The molecule has 19 heavy (non-hydrogen) atoms. The smallest absolute Gasteiger partial charge is 0.309 e. The minimum absolute atomic E-state index is 0.0929. The van der Waals surface area contributed by atoms with Crippen LogP contribution in [0.25, 0.3) is 0 Å². The lowest BCUT2D eigenvalue weighted by atomic mass is 10.2. The molecule has 0 aliphatic heterocycles. The first kappa shape index (κ1) is 12.9. The minimum atomic E-state index is -0.478. The van der Waals surface area contributed by atoms with Gasteiger partial charge in [0.1, 0.15) is 17.7 Å². The Kier molecular flexibility index (Phi) is 3.69. The lowest BCUT2D eigenvalue weighted by Crippen LogP contribution is -2.08. The third kappa shape index (κ3) is 2.67. The number of hydrogen-bond donors (Lipinski definition) is 1.